The summed E-state index contributed by atoms with van der Waals surface area (Å²) in [5, 5.41) is 11.2. The summed E-state index contributed by atoms with van der Waals surface area (Å²) < 4.78 is 30.6. The van der Waals surface area contributed by atoms with Crippen LogP contribution in [0.15, 0.2) is 104 Å². The highest BCUT2D eigenvalue weighted by atomic mass is 16.7. The predicted octanol–water partition coefficient (Wildman–Crippen LogP) is 4.66. The lowest BCUT2D eigenvalue weighted by Crippen LogP contribution is -2.61. The molecule has 0 amide bonds. The summed E-state index contributed by atoms with van der Waals surface area (Å²) in [6.07, 6.45) is -2.12. The van der Waals surface area contributed by atoms with Gasteiger partial charge in [-0.25, -0.2) is 0 Å². The summed E-state index contributed by atoms with van der Waals surface area (Å²) >= 11 is 0. The zero-order valence-corrected chi connectivity index (χ0v) is 20.4. The van der Waals surface area contributed by atoms with Gasteiger partial charge >= 0.3 is 0 Å². The Morgan fingerprint density at radius 1 is 0.694 bits per heavy atom. The van der Waals surface area contributed by atoms with Crippen LogP contribution in [0, 0.1) is 0 Å². The molecule has 1 aliphatic rings. The summed E-state index contributed by atoms with van der Waals surface area (Å²) in [6, 6.07) is 29.7. The summed E-state index contributed by atoms with van der Waals surface area (Å²) in [5.41, 5.74) is 3.08. The van der Waals surface area contributed by atoms with Gasteiger partial charge in [0.2, 0.25) is 0 Å². The van der Waals surface area contributed by atoms with Crippen molar-refractivity contribution in [1.82, 2.24) is 0 Å². The molecule has 0 radical (unpaired) electrons. The molecule has 1 aliphatic heterocycles. The fourth-order valence-corrected chi connectivity index (χ4v) is 4.12. The van der Waals surface area contributed by atoms with Crippen molar-refractivity contribution in [3.05, 3.63) is 120 Å². The van der Waals surface area contributed by atoms with Crippen LogP contribution in [0.2, 0.25) is 0 Å². The van der Waals surface area contributed by atoms with Gasteiger partial charge in [0.05, 0.1) is 33.0 Å². The summed E-state index contributed by atoms with van der Waals surface area (Å²) in [4.78, 5) is 0. The highest BCUT2D eigenvalue weighted by molar-refractivity contribution is 5.15. The number of benzene rings is 3. The van der Waals surface area contributed by atoms with E-state index < -0.39 is 30.7 Å². The monoisotopic (exact) mass is 490 g/mol. The Balaban J connectivity index is 1.51. The minimum absolute atomic E-state index is 0.236. The third-order valence-corrected chi connectivity index (χ3v) is 5.96. The molecule has 36 heavy (non-hydrogen) atoms. The molecule has 0 saturated carbocycles. The lowest BCUT2D eigenvalue weighted by molar-refractivity contribution is -0.316. The Morgan fingerprint density at radius 3 is 1.72 bits per heavy atom. The number of aliphatic hydroxyl groups excluding tert-OH is 1. The van der Waals surface area contributed by atoms with Crippen LogP contribution in [0.1, 0.15) is 16.7 Å². The first-order valence-electron chi connectivity index (χ1n) is 12.2. The number of aliphatic hydroxyl groups is 1. The molecular formula is C30H34O6. The summed E-state index contributed by atoms with van der Waals surface area (Å²) in [5.74, 6) is 0. The van der Waals surface area contributed by atoms with Crippen molar-refractivity contribution in [2.24, 2.45) is 0 Å². The third kappa shape index (κ3) is 7.58. The molecule has 1 saturated heterocycles. The molecule has 4 rings (SSSR count). The predicted molar refractivity (Wildman–Crippen MR) is 137 cm³/mol. The number of ether oxygens (including phenoxy) is 5. The van der Waals surface area contributed by atoms with Gasteiger partial charge in [-0.2, -0.15) is 0 Å². The Labute approximate surface area is 213 Å². The lowest BCUT2D eigenvalue weighted by atomic mass is 9.98. The molecule has 1 heterocycles. The van der Waals surface area contributed by atoms with E-state index in [2.05, 4.69) is 6.58 Å². The van der Waals surface area contributed by atoms with Crippen LogP contribution in [0.5, 0.6) is 0 Å². The molecule has 6 nitrogen and oxygen atoms in total. The molecule has 0 spiro atoms. The quantitative estimate of drug-likeness (QED) is 0.352. The average Bonchev–Trinajstić information content (AvgIpc) is 2.93. The zero-order chi connectivity index (χ0) is 25.0. The van der Waals surface area contributed by atoms with Crippen LogP contribution >= 0.6 is 0 Å². The van der Waals surface area contributed by atoms with E-state index in [1.807, 2.05) is 91.0 Å². The van der Waals surface area contributed by atoms with E-state index in [0.29, 0.717) is 19.8 Å². The van der Waals surface area contributed by atoms with Crippen molar-refractivity contribution in [3.63, 3.8) is 0 Å². The van der Waals surface area contributed by atoms with E-state index in [9.17, 15) is 5.11 Å². The first-order chi connectivity index (χ1) is 17.7. The Hall–Kier alpha value is -2.84. The summed E-state index contributed by atoms with van der Waals surface area (Å²) in [7, 11) is 0. The van der Waals surface area contributed by atoms with Crippen LogP contribution in [-0.2, 0) is 43.5 Å². The van der Waals surface area contributed by atoms with Gasteiger partial charge < -0.3 is 28.8 Å². The molecule has 0 aliphatic carbocycles. The normalized spacial score (nSPS) is 23.9. The van der Waals surface area contributed by atoms with Crippen molar-refractivity contribution in [1.29, 1.82) is 0 Å². The van der Waals surface area contributed by atoms with Gasteiger partial charge in [-0.3, -0.25) is 0 Å². The van der Waals surface area contributed by atoms with Crippen molar-refractivity contribution in [2.45, 2.75) is 50.5 Å². The minimum Gasteiger partial charge on any atom is -0.385 e. The van der Waals surface area contributed by atoms with Crippen LogP contribution < -0.4 is 0 Å². The van der Waals surface area contributed by atoms with Gasteiger partial charge in [-0.05, 0) is 16.7 Å². The highest BCUT2D eigenvalue weighted by Gasteiger charge is 2.47. The first kappa shape index (κ1) is 26.2. The molecule has 0 aromatic heterocycles. The maximum atomic E-state index is 11.2. The molecule has 1 fully saturated rings. The molecule has 3 aromatic rings. The maximum absolute atomic E-state index is 11.2. The number of hydrogen-bond donors (Lipinski definition) is 1. The molecule has 0 unspecified atom stereocenters. The van der Waals surface area contributed by atoms with Crippen molar-refractivity contribution < 1.29 is 28.8 Å². The molecule has 0 bridgehead atoms. The average molecular weight is 491 g/mol. The van der Waals surface area contributed by atoms with Gasteiger partial charge in [-0.15, -0.1) is 6.58 Å². The third-order valence-electron chi connectivity index (χ3n) is 5.96. The van der Waals surface area contributed by atoms with E-state index in [0.717, 1.165) is 16.7 Å². The number of hydrogen-bond acceptors (Lipinski definition) is 6. The van der Waals surface area contributed by atoms with Gasteiger partial charge in [0.15, 0.2) is 6.29 Å². The van der Waals surface area contributed by atoms with E-state index in [1.54, 1.807) is 6.08 Å². The number of rotatable bonds is 13. The molecule has 190 valence electrons. The molecular weight excluding hydrogens is 456 g/mol. The van der Waals surface area contributed by atoms with Gasteiger partial charge in [0.25, 0.3) is 0 Å². The Bertz CT molecular complexity index is 1010. The minimum atomic E-state index is -1.06. The molecule has 1 N–H and O–H groups in total. The summed E-state index contributed by atoms with van der Waals surface area (Å²) in [6.45, 7) is 5.29. The van der Waals surface area contributed by atoms with Gasteiger partial charge in [0, 0.05) is 0 Å². The smallest absolute Gasteiger partial charge is 0.187 e. The largest absolute Gasteiger partial charge is 0.385 e. The van der Waals surface area contributed by atoms with Crippen LogP contribution in [-0.4, -0.2) is 49.0 Å². The van der Waals surface area contributed by atoms with Crippen molar-refractivity contribution >= 4 is 0 Å². The van der Waals surface area contributed by atoms with Crippen LogP contribution in [0.3, 0.4) is 0 Å². The molecule has 5 atom stereocenters. The SMILES string of the molecule is C=CCO[C@H]1O[C@H](COCc2ccccc2)[C@@H](OCc2ccccc2)[C@H](OCc2ccccc2)[C@H]1O. The standard InChI is InChI=1S/C30H34O6/c1-2-18-33-30-27(31)29(35-21-25-16-10-5-11-17-25)28(34-20-24-14-8-4-9-15-24)26(36-30)22-32-19-23-12-6-3-7-13-23/h2-17,26-31H,1,18-22H2/t26-,27-,28-,29-,30+/m1/s1. The molecule has 3 aromatic carbocycles. The first-order valence-corrected chi connectivity index (χ1v) is 12.2. The lowest BCUT2D eigenvalue weighted by Gasteiger charge is -2.44. The van der Waals surface area contributed by atoms with Crippen molar-refractivity contribution in [3.8, 4) is 0 Å². The van der Waals surface area contributed by atoms with E-state index >= 15 is 0 Å². The van der Waals surface area contributed by atoms with Crippen LogP contribution in [0.25, 0.3) is 0 Å². The Morgan fingerprint density at radius 2 is 1.19 bits per heavy atom. The topological polar surface area (TPSA) is 66.4 Å². The fraction of sp³-hybridized carbons (Fsp3) is 0.333. The second-order valence-electron chi connectivity index (χ2n) is 8.68. The zero-order valence-electron chi connectivity index (χ0n) is 20.4. The van der Waals surface area contributed by atoms with E-state index in [1.165, 1.54) is 0 Å². The Kier molecular flexibility index (Phi) is 10.2. The van der Waals surface area contributed by atoms with E-state index in [4.69, 9.17) is 23.7 Å². The highest BCUT2D eigenvalue weighted by Crippen LogP contribution is 2.29. The second kappa shape index (κ2) is 14.0. The van der Waals surface area contributed by atoms with Gasteiger partial charge in [-0.1, -0.05) is 97.1 Å². The maximum Gasteiger partial charge on any atom is 0.187 e. The molecule has 6 heteroatoms. The van der Waals surface area contributed by atoms with Crippen molar-refractivity contribution in [2.75, 3.05) is 13.2 Å². The van der Waals surface area contributed by atoms with Crippen LogP contribution in [0.4, 0.5) is 0 Å². The van der Waals surface area contributed by atoms with E-state index in [-0.39, 0.29) is 13.2 Å². The second-order valence-corrected chi connectivity index (χ2v) is 8.68. The van der Waals surface area contributed by atoms with Gasteiger partial charge in [0.1, 0.15) is 24.4 Å². The fourth-order valence-electron chi connectivity index (χ4n) is 4.12.